The first-order chi connectivity index (χ1) is 7.20. The monoisotopic (exact) mass is 214 g/mol. The summed E-state index contributed by atoms with van der Waals surface area (Å²) in [5.41, 5.74) is 0. The highest BCUT2D eigenvalue weighted by molar-refractivity contribution is 5.77. The molecule has 1 saturated heterocycles. The Morgan fingerprint density at radius 3 is 2.87 bits per heavy atom. The Balaban J connectivity index is 1.90. The number of rotatable bonds is 6. The molecule has 1 atom stereocenters. The summed E-state index contributed by atoms with van der Waals surface area (Å²) in [6.07, 6.45) is 2.09. The maximum absolute atomic E-state index is 11.2. The van der Waals surface area contributed by atoms with Crippen molar-refractivity contribution < 1.29 is 9.53 Å². The fourth-order valence-electron chi connectivity index (χ4n) is 1.51. The van der Waals surface area contributed by atoms with Gasteiger partial charge in [0, 0.05) is 25.1 Å². The molecule has 1 aliphatic heterocycles. The van der Waals surface area contributed by atoms with Gasteiger partial charge in [-0.05, 0) is 19.4 Å². The van der Waals surface area contributed by atoms with E-state index in [0.29, 0.717) is 6.04 Å². The van der Waals surface area contributed by atoms with Crippen molar-refractivity contribution in [2.45, 2.75) is 32.7 Å². The first-order valence-corrected chi connectivity index (χ1v) is 5.79. The van der Waals surface area contributed by atoms with Crippen LogP contribution >= 0.6 is 0 Å². The van der Waals surface area contributed by atoms with Crippen LogP contribution in [-0.2, 0) is 9.53 Å². The predicted molar refractivity (Wildman–Crippen MR) is 59.7 cm³/mol. The molecule has 4 nitrogen and oxygen atoms in total. The Morgan fingerprint density at radius 2 is 2.27 bits per heavy atom. The minimum absolute atomic E-state index is 0.0844. The molecule has 1 amide bonds. The largest absolute Gasteiger partial charge is 0.380 e. The summed E-state index contributed by atoms with van der Waals surface area (Å²) in [4.78, 5) is 11.2. The molecule has 88 valence electrons. The molecule has 1 heterocycles. The average molecular weight is 214 g/mol. The van der Waals surface area contributed by atoms with Crippen LogP contribution in [0.4, 0.5) is 0 Å². The minimum Gasteiger partial charge on any atom is -0.380 e. The lowest BCUT2D eigenvalue weighted by Crippen LogP contribution is -2.34. The van der Waals surface area contributed by atoms with Gasteiger partial charge in [0.25, 0.3) is 0 Å². The van der Waals surface area contributed by atoms with E-state index in [4.69, 9.17) is 4.74 Å². The molecule has 15 heavy (non-hydrogen) atoms. The molecule has 1 fully saturated rings. The zero-order chi connectivity index (χ0) is 11.1. The molecule has 0 saturated carbocycles. The van der Waals surface area contributed by atoms with Crippen LogP contribution in [0.2, 0.25) is 0 Å². The standard InChI is InChI=1S/C11H22N2O2/c1-9(2)11(14)13-6-3-5-12-10-4-7-15-8-10/h9-10,12H,3-8H2,1-2H3,(H,13,14). The van der Waals surface area contributed by atoms with Gasteiger partial charge in [-0.1, -0.05) is 13.8 Å². The molecule has 2 N–H and O–H groups in total. The highest BCUT2D eigenvalue weighted by Crippen LogP contribution is 2.02. The van der Waals surface area contributed by atoms with E-state index in [1.807, 2.05) is 13.8 Å². The Labute approximate surface area is 91.8 Å². The van der Waals surface area contributed by atoms with Crippen molar-refractivity contribution in [3.8, 4) is 0 Å². The summed E-state index contributed by atoms with van der Waals surface area (Å²) in [5, 5.41) is 6.31. The highest BCUT2D eigenvalue weighted by atomic mass is 16.5. The van der Waals surface area contributed by atoms with Gasteiger partial charge in [0.05, 0.1) is 6.61 Å². The Morgan fingerprint density at radius 1 is 1.47 bits per heavy atom. The van der Waals surface area contributed by atoms with Crippen molar-refractivity contribution in [2.24, 2.45) is 5.92 Å². The molecular formula is C11H22N2O2. The molecule has 0 aromatic carbocycles. The van der Waals surface area contributed by atoms with Gasteiger partial charge in [-0.3, -0.25) is 4.79 Å². The molecule has 0 aromatic heterocycles. The zero-order valence-corrected chi connectivity index (χ0v) is 9.71. The van der Waals surface area contributed by atoms with Crippen molar-refractivity contribution in [2.75, 3.05) is 26.3 Å². The molecule has 4 heteroatoms. The van der Waals surface area contributed by atoms with Gasteiger partial charge >= 0.3 is 0 Å². The second kappa shape index (κ2) is 6.80. The summed E-state index contributed by atoms with van der Waals surface area (Å²) in [5.74, 6) is 0.223. The number of hydrogen-bond donors (Lipinski definition) is 2. The molecule has 0 radical (unpaired) electrons. The van der Waals surface area contributed by atoms with Crippen molar-refractivity contribution in [1.82, 2.24) is 10.6 Å². The molecule has 0 spiro atoms. The fraction of sp³-hybridized carbons (Fsp3) is 0.909. The molecule has 1 aliphatic rings. The topological polar surface area (TPSA) is 50.4 Å². The van der Waals surface area contributed by atoms with Gasteiger partial charge in [-0.2, -0.15) is 0 Å². The van der Waals surface area contributed by atoms with Crippen molar-refractivity contribution in [3.63, 3.8) is 0 Å². The first-order valence-electron chi connectivity index (χ1n) is 5.79. The van der Waals surface area contributed by atoms with Crippen LogP contribution in [0.5, 0.6) is 0 Å². The summed E-state index contributed by atoms with van der Waals surface area (Å²) in [6, 6.07) is 0.519. The van der Waals surface area contributed by atoms with Gasteiger partial charge in [0.2, 0.25) is 5.91 Å². The first kappa shape index (κ1) is 12.5. The number of nitrogens with one attached hydrogen (secondary N) is 2. The van der Waals surface area contributed by atoms with E-state index in [1.165, 1.54) is 0 Å². The molecule has 0 aliphatic carbocycles. The molecular weight excluding hydrogens is 192 g/mol. The number of carbonyl (C=O) groups excluding carboxylic acids is 1. The van der Waals surface area contributed by atoms with Crippen molar-refractivity contribution in [3.05, 3.63) is 0 Å². The average Bonchev–Trinajstić information content (AvgIpc) is 2.69. The van der Waals surface area contributed by atoms with Crippen LogP contribution < -0.4 is 10.6 Å². The third kappa shape index (κ3) is 5.14. The van der Waals surface area contributed by atoms with Crippen LogP contribution in [0.3, 0.4) is 0 Å². The smallest absolute Gasteiger partial charge is 0.222 e. The number of carbonyl (C=O) groups is 1. The Kier molecular flexibility index (Phi) is 5.65. The zero-order valence-electron chi connectivity index (χ0n) is 9.71. The summed E-state index contributed by atoms with van der Waals surface area (Å²) in [7, 11) is 0. The van der Waals surface area contributed by atoms with E-state index >= 15 is 0 Å². The maximum atomic E-state index is 11.2. The van der Waals surface area contributed by atoms with E-state index in [1.54, 1.807) is 0 Å². The normalized spacial score (nSPS) is 20.9. The van der Waals surface area contributed by atoms with Crippen molar-refractivity contribution >= 4 is 5.91 Å². The fourth-order valence-corrected chi connectivity index (χ4v) is 1.51. The van der Waals surface area contributed by atoms with Crippen LogP contribution in [-0.4, -0.2) is 38.3 Å². The molecule has 1 rings (SSSR count). The summed E-state index contributed by atoms with van der Waals surface area (Å²) < 4.78 is 5.25. The quantitative estimate of drug-likeness (QED) is 0.634. The van der Waals surface area contributed by atoms with E-state index in [-0.39, 0.29) is 11.8 Å². The summed E-state index contributed by atoms with van der Waals surface area (Å²) in [6.45, 7) is 7.23. The van der Waals surface area contributed by atoms with Crippen LogP contribution in [0.25, 0.3) is 0 Å². The Bertz CT molecular complexity index is 189. The SMILES string of the molecule is CC(C)C(=O)NCCCNC1CCOC1. The summed E-state index contributed by atoms with van der Waals surface area (Å²) >= 11 is 0. The minimum atomic E-state index is 0.0844. The van der Waals surface area contributed by atoms with E-state index < -0.39 is 0 Å². The van der Waals surface area contributed by atoms with E-state index in [2.05, 4.69) is 10.6 Å². The van der Waals surface area contributed by atoms with Crippen LogP contribution in [0, 0.1) is 5.92 Å². The Hall–Kier alpha value is -0.610. The van der Waals surface area contributed by atoms with Gasteiger partial charge in [-0.15, -0.1) is 0 Å². The third-order valence-corrected chi connectivity index (χ3v) is 2.54. The van der Waals surface area contributed by atoms with Gasteiger partial charge in [0.15, 0.2) is 0 Å². The van der Waals surface area contributed by atoms with Crippen LogP contribution in [0.1, 0.15) is 26.7 Å². The second-order valence-electron chi connectivity index (χ2n) is 4.31. The van der Waals surface area contributed by atoms with E-state index in [0.717, 1.165) is 39.1 Å². The number of hydrogen-bond acceptors (Lipinski definition) is 3. The maximum Gasteiger partial charge on any atom is 0.222 e. The van der Waals surface area contributed by atoms with Gasteiger partial charge in [0.1, 0.15) is 0 Å². The lowest BCUT2D eigenvalue weighted by atomic mass is 10.2. The molecule has 0 bridgehead atoms. The lowest BCUT2D eigenvalue weighted by molar-refractivity contribution is -0.123. The van der Waals surface area contributed by atoms with Crippen LogP contribution in [0.15, 0.2) is 0 Å². The lowest BCUT2D eigenvalue weighted by Gasteiger charge is -2.11. The number of ether oxygens (including phenoxy) is 1. The molecule has 1 unspecified atom stereocenters. The second-order valence-corrected chi connectivity index (χ2v) is 4.31. The predicted octanol–water partition coefficient (Wildman–Crippen LogP) is 0.527. The third-order valence-electron chi connectivity index (χ3n) is 2.54. The molecule has 0 aromatic rings. The number of amides is 1. The van der Waals surface area contributed by atoms with Gasteiger partial charge in [-0.25, -0.2) is 0 Å². The van der Waals surface area contributed by atoms with Crippen molar-refractivity contribution in [1.29, 1.82) is 0 Å². The van der Waals surface area contributed by atoms with Gasteiger partial charge < -0.3 is 15.4 Å². The highest BCUT2D eigenvalue weighted by Gasteiger charge is 2.13. The van der Waals surface area contributed by atoms with E-state index in [9.17, 15) is 4.79 Å².